The van der Waals surface area contributed by atoms with E-state index >= 15 is 0 Å². The molecule has 0 aliphatic rings. The lowest BCUT2D eigenvalue weighted by Gasteiger charge is -2.37. The van der Waals surface area contributed by atoms with Crippen molar-refractivity contribution < 1.29 is 14.3 Å². The fourth-order valence-corrected chi connectivity index (χ4v) is 2.44. The summed E-state index contributed by atoms with van der Waals surface area (Å²) in [6.07, 6.45) is 0.729. The van der Waals surface area contributed by atoms with Gasteiger partial charge in [0.2, 0.25) is 0 Å². The molecule has 21 heavy (non-hydrogen) atoms. The van der Waals surface area contributed by atoms with Gasteiger partial charge in [0.1, 0.15) is 5.75 Å². The van der Waals surface area contributed by atoms with E-state index < -0.39 is 15.9 Å². The van der Waals surface area contributed by atoms with Crippen LogP contribution < -0.4 is 4.74 Å². The van der Waals surface area contributed by atoms with E-state index in [0.717, 1.165) is 6.42 Å². The van der Waals surface area contributed by atoms with E-state index in [1.165, 1.54) is 0 Å². The molecule has 0 aromatic heterocycles. The summed E-state index contributed by atoms with van der Waals surface area (Å²) in [5.41, 5.74) is -0.563. The Labute approximate surface area is 136 Å². The first-order valence-electron chi connectivity index (χ1n) is 6.91. The molecule has 0 saturated heterocycles. The van der Waals surface area contributed by atoms with Crippen molar-refractivity contribution in [2.75, 3.05) is 6.61 Å². The van der Waals surface area contributed by atoms with Crippen LogP contribution in [-0.4, -0.2) is 17.1 Å². The topological polar surface area (TPSA) is 35.5 Å². The molecule has 0 radical (unpaired) electrons. The van der Waals surface area contributed by atoms with Gasteiger partial charge >= 0.3 is 5.97 Å². The number of carbonyl (C=O) groups is 1. The third-order valence-electron chi connectivity index (χ3n) is 3.05. The fraction of sp³-hybridized carbons (Fsp3) is 0.562. The fourth-order valence-electron chi connectivity index (χ4n) is 2.11. The Kier molecular flexibility index (Phi) is 6.36. The number of alkyl halides is 2. The second-order valence-electron chi connectivity index (χ2n) is 6.07. The molecule has 0 heterocycles. The predicted molar refractivity (Wildman–Crippen MR) is 85.7 cm³/mol. The number of hydrogen-bond acceptors (Lipinski definition) is 3. The van der Waals surface area contributed by atoms with Gasteiger partial charge in [0.05, 0.1) is 0 Å². The van der Waals surface area contributed by atoms with Gasteiger partial charge in [-0.1, -0.05) is 69.1 Å². The first-order chi connectivity index (χ1) is 9.64. The number of halogens is 2. The molecule has 0 saturated carbocycles. The Morgan fingerprint density at radius 2 is 1.76 bits per heavy atom. The van der Waals surface area contributed by atoms with Crippen LogP contribution in [-0.2, 0) is 9.53 Å². The van der Waals surface area contributed by atoms with Crippen molar-refractivity contribution in [3.8, 4) is 5.75 Å². The Morgan fingerprint density at radius 1 is 1.19 bits per heavy atom. The SMILES string of the molecule is CC(C)CC(C)(C)C(Cl)(Cl)OC(=O)COc1ccccc1. The maximum absolute atomic E-state index is 11.8. The van der Waals surface area contributed by atoms with Crippen molar-refractivity contribution in [2.45, 2.75) is 38.6 Å². The largest absolute Gasteiger partial charge is 0.482 e. The van der Waals surface area contributed by atoms with Gasteiger partial charge in [-0.3, -0.25) is 0 Å². The average molecular weight is 333 g/mol. The van der Waals surface area contributed by atoms with Crippen LogP contribution in [0.4, 0.5) is 0 Å². The Bertz CT molecular complexity index is 456. The van der Waals surface area contributed by atoms with Crippen molar-refractivity contribution in [1.82, 2.24) is 0 Å². The summed E-state index contributed by atoms with van der Waals surface area (Å²) < 4.78 is 8.92. The van der Waals surface area contributed by atoms with E-state index in [1.54, 1.807) is 12.1 Å². The van der Waals surface area contributed by atoms with Crippen LogP contribution in [0.2, 0.25) is 0 Å². The normalized spacial score (nSPS) is 12.3. The zero-order chi connectivity index (χ0) is 16.1. The van der Waals surface area contributed by atoms with Crippen LogP contribution in [0.5, 0.6) is 5.75 Å². The Balaban J connectivity index is 2.56. The molecular weight excluding hydrogens is 311 g/mol. The highest BCUT2D eigenvalue weighted by atomic mass is 35.5. The summed E-state index contributed by atoms with van der Waals surface area (Å²) >= 11 is 12.4. The quantitative estimate of drug-likeness (QED) is 0.530. The molecule has 1 rings (SSSR count). The van der Waals surface area contributed by atoms with Crippen LogP contribution >= 0.6 is 23.2 Å². The van der Waals surface area contributed by atoms with E-state index in [0.29, 0.717) is 11.7 Å². The lowest BCUT2D eigenvalue weighted by atomic mass is 9.84. The third kappa shape index (κ3) is 5.76. The predicted octanol–water partition coefficient (Wildman–Crippen LogP) is 4.81. The molecule has 0 fully saturated rings. The zero-order valence-corrected chi connectivity index (χ0v) is 14.4. The minimum absolute atomic E-state index is 0.233. The second kappa shape index (κ2) is 7.37. The number of benzene rings is 1. The number of rotatable bonds is 7. The first-order valence-corrected chi connectivity index (χ1v) is 7.67. The molecule has 0 unspecified atom stereocenters. The van der Waals surface area contributed by atoms with Gasteiger partial charge in [0.15, 0.2) is 6.61 Å². The molecule has 0 aliphatic carbocycles. The van der Waals surface area contributed by atoms with E-state index in [2.05, 4.69) is 13.8 Å². The molecule has 0 aliphatic heterocycles. The first kappa shape index (κ1) is 18.1. The minimum atomic E-state index is -1.59. The zero-order valence-electron chi connectivity index (χ0n) is 12.9. The van der Waals surface area contributed by atoms with Crippen LogP contribution in [0.25, 0.3) is 0 Å². The maximum atomic E-state index is 11.8. The van der Waals surface area contributed by atoms with E-state index in [-0.39, 0.29) is 6.61 Å². The molecule has 0 N–H and O–H groups in total. The van der Waals surface area contributed by atoms with Gasteiger partial charge < -0.3 is 9.47 Å². The van der Waals surface area contributed by atoms with Crippen molar-refractivity contribution >= 4 is 29.2 Å². The van der Waals surface area contributed by atoms with E-state index in [9.17, 15) is 4.79 Å². The summed E-state index contributed by atoms with van der Waals surface area (Å²) in [6.45, 7) is 7.64. The summed E-state index contributed by atoms with van der Waals surface area (Å²) in [5, 5.41) is 0. The highest BCUT2D eigenvalue weighted by Gasteiger charge is 2.46. The van der Waals surface area contributed by atoms with Crippen molar-refractivity contribution in [2.24, 2.45) is 11.3 Å². The second-order valence-corrected chi connectivity index (χ2v) is 7.33. The average Bonchev–Trinajstić information content (AvgIpc) is 2.35. The monoisotopic (exact) mass is 332 g/mol. The summed E-state index contributed by atoms with van der Waals surface area (Å²) in [5.74, 6) is 0.377. The lowest BCUT2D eigenvalue weighted by molar-refractivity contribution is -0.155. The van der Waals surface area contributed by atoms with Gasteiger partial charge in [-0.05, 0) is 24.5 Å². The standard InChI is InChI=1S/C16H22Cl2O3/c1-12(2)10-15(3,4)16(17,18)21-14(19)11-20-13-8-6-5-7-9-13/h5-9,12H,10-11H2,1-4H3. The summed E-state index contributed by atoms with van der Waals surface area (Å²) in [7, 11) is 0. The van der Waals surface area contributed by atoms with Gasteiger partial charge in [-0.25, -0.2) is 4.79 Å². The third-order valence-corrected chi connectivity index (χ3v) is 4.23. The summed E-state index contributed by atoms with van der Waals surface area (Å²) in [6, 6.07) is 9.01. The molecule has 118 valence electrons. The number of esters is 1. The molecule has 0 atom stereocenters. The van der Waals surface area contributed by atoms with Gasteiger partial charge in [-0.2, -0.15) is 0 Å². The maximum Gasteiger partial charge on any atom is 0.346 e. The van der Waals surface area contributed by atoms with Gasteiger partial charge in [-0.15, -0.1) is 0 Å². The van der Waals surface area contributed by atoms with Crippen LogP contribution in [0.15, 0.2) is 30.3 Å². The van der Waals surface area contributed by atoms with Crippen molar-refractivity contribution in [1.29, 1.82) is 0 Å². The molecule has 1 aromatic carbocycles. The lowest BCUT2D eigenvalue weighted by Crippen LogP contribution is -2.40. The number of hydrogen-bond donors (Lipinski definition) is 0. The Hall–Kier alpha value is -0.930. The highest BCUT2D eigenvalue weighted by molar-refractivity contribution is 6.48. The van der Waals surface area contributed by atoms with Crippen LogP contribution in [0.3, 0.4) is 0 Å². The molecule has 0 amide bonds. The molecule has 0 spiro atoms. The smallest absolute Gasteiger partial charge is 0.346 e. The van der Waals surface area contributed by atoms with Crippen molar-refractivity contribution in [3.63, 3.8) is 0 Å². The number of para-hydroxylation sites is 1. The molecule has 3 nitrogen and oxygen atoms in total. The molecular formula is C16H22Cl2O3. The highest BCUT2D eigenvalue weighted by Crippen LogP contribution is 2.45. The van der Waals surface area contributed by atoms with Crippen LogP contribution in [0.1, 0.15) is 34.1 Å². The molecule has 0 bridgehead atoms. The van der Waals surface area contributed by atoms with Crippen LogP contribution in [0, 0.1) is 11.3 Å². The molecule has 1 aromatic rings. The number of ether oxygens (including phenoxy) is 2. The van der Waals surface area contributed by atoms with Gasteiger partial charge in [0, 0.05) is 5.41 Å². The number of carbonyl (C=O) groups excluding carboxylic acids is 1. The summed E-state index contributed by atoms with van der Waals surface area (Å²) in [4.78, 5) is 11.8. The van der Waals surface area contributed by atoms with E-state index in [4.69, 9.17) is 32.7 Å². The van der Waals surface area contributed by atoms with Gasteiger partial charge in [0.25, 0.3) is 4.52 Å². The minimum Gasteiger partial charge on any atom is -0.482 e. The van der Waals surface area contributed by atoms with E-state index in [1.807, 2.05) is 32.0 Å². The van der Waals surface area contributed by atoms with Crippen molar-refractivity contribution in [3.05, 3.63) is 30.3 Å². The molecule has 5 heteroatoms. The Morgan fingerprint density at radius 3 is 2.29 bits per heavy atom.